The van der Waals surface area contributed by atoms with E-state index in [-0.39, 0.29) is 11.5 Å². The molecule has 0 spiro atoms. The van der Waals surface area contributed by atoms with Gasteiger partial charge in [-0.25, -0.2) is 0 Å². The van der Waals surface area contributed by atoms with Gasteiger partial charge < -0.3 is 9.64 Å². The standard InChI is InChI=1S/C22H23N3O4S/c1-29-21-5-3-2-4-19(21)24-12-10-23(11-13-24)9-8-20(26)18-15-30-22-7-6-16(25(27)28)14-17(18)22/h2-7,14-15H,8-13H2,1H3. The topological polar surface area (TPSA) is 75.9 Å². The number of thiophene rings is 1. The number of ether oxygens (including phenoxy) is 1. The Labute approximate surface area is 178 Å². The van der Waals surface area contributed by atoms with Crippen LogP contribution in [0.3, 0.4) is 0 Å². The van der Waals surface area contributed by atoms with Gasteiger partial charge in [0.2, 0.25) is 0 Å². The van der Waals surface area contributed by atoms with Gasteiger partial charge in [0.1, 0.15) is 5.75 Å². The highest BCUT2D eigenvalue weighted by atomic mass is 32.1. The Hall–Kier alpha value is -2.97. The summed E-state index contributed by atoms with van der Waals surface area (Å²) in [5.41, 5.74) is 1.70. The van der Waals surface area contributed by atoms with Gasteiger partial charge >= 0.3 is 0 Å². The summed E-state index contributed by atoms with van der Waals surface area (Å²) < 4.78 is 6.36. The maximum absolute atomic E-state index is 12.8. The molecule has 30 heavy (non-hydrogen) atoms. The highest BCUT2D eigenvalue weighted by molar-refractivity contribution is 7.17. The molecule has 1 aromatic heterocycles. The van der Waals surface area contributed by atoms with Crippen LogP contribution in [0.15, 0.2) is 47.8 Å². The number of piperazine rings is 1. The number of para-hydroxylation sites is 2. The average molecular weight is 426 g/mol. The third kappa shape index (κ3) is 4.15. The zero-order chi connectivity index (χ0) is 21.1. The second-order valence-corrected chi connectivity index (χ2v) is 8.17. The number of rotatable bonds is 7. The van der Waals surface area contributed by atoms with Crippen molar-refractivity contribution < 1.29 is 14.5 Å². The second kappa shape index (κ2) is 8.81. The highest BCUT2D eigenvalue weighted by Gasteiger charge is 2.21. The number of nitro groups is 1. The molecule has 0 N–H and O–H groups in total. The highest BCUT2D eigenvalue weighted by Crippen LogP contribution is 2.31. The van der Waals surface area contributed by atoms with Crippen molar-refractivity contribution >= 4 is 38.6 Å². The molecule has 1 saturated heterocycles. The van der Waals surface area contributed by atoms with Crippen molar-refractivity contribution in [3.63, 3.8) is 0 Å². The molecule has 1 fully saturated rings. The Morgan fingerprint density at radius 1 is 1.17 bits per heavy atom. The molecule has 2 aromatic carbocycles. The van der Waals surface area contributed by atoms with Crippen LogP contribution in [0.4, 0.5) is 11.4 Å². The lowest BCUT2D eigenvalue weighted by Crippen LogP contribution is -2.47. The molecule has 3 aromatic rings. The first-order chi connectivity index (χ1) is 14.6. The number of carbonyl (C=O) groups excluding carboxylic acids is 1. The van der Waals surface area contributed by atoms with Gasteiger partial charge in [-0.05, 0) is 18.2 Å². The number of hydrogen-bond donors (Lipinski definition) is 0. The normalized spacial score (nSPS) is 14.8. The van der Waals surface area contributed by atoms with E-state index >= 15 is 0 Å². The number of anilines is 1. The summed E-state index contributed by atoms with van der Waals surface area (Å²) in [5.74, 6) is 0.911. The number of nitrogens with zero attached hydrogens (tertiary/aromatic N) is 3. The second-order valence-electron chi connectivity index (χ2n) is 7.26. The smallest absolute Gasteiger partial charge is 0.270 e. The van der Waals surface area contributed by atoms with Crippen molar-refractivity contribution in [3.8, 4) is 5.75 Å². The van der Waals surface area contributed by atoms with Gasteiger partial charge in [-0.15, -0.1) is 11.3 Å². The lowest BCUT2D eigenvalue weighted by atomic mass is 10.1. The first-order valence-electron chi connectivity index (χ1n) is 9.86. The van der Waals surface area contributed by atoms with E-state index in [4.69, 9.17) is 4.74 Å². The Morgan fingerprint density at radius 3 is 2.67 bits per heavy atom. The van der Waals surface area contributed by atoms with Gasteiger partial charge in [-0.2, -0.15) is 0 Å². The first-order valence-corrected chi connectivity index (χ1v) is 10.7. The van der Waals surface area contributed by atoms with Crippen molar-refractivity contribution in [1.82, 2.24) is 4.90 Å². The molecule has 0 atom stereocenters. The molecule has 156 valence electrons. The number of nitro benzene ring substituents is 1. The van der Waals surface area contributed by atoms with Gasteiger partial charge in [0, 0.05) is 72.3 Å². The van der Waals surface area contributed by atoms with Crippen LogP contribution in [-0.4, -0.2) is 55.4 Å². The number of non-ortho nitro benzene ring substituents is 1. The van der Waals surface area contributed by atoms with Gasteiger partial charge in [-0.3, -0.25) is 19.8 Å². The molecule has 4 rings (SSSR count). The predicted molar refractivity (Wildman–Crippen MR) is 119 cm³/mol. The van der Waals surface area contributed by atoms with Crippen LogP contribution < -0.4 is 9.64 Å². The van der Waals surface area contributed by atoms with Crippen LogP contribution in [0.2, 0.25) is 0 Å². The van der Waals surface area contributed by atoms with Crippen LogP contribution in [0.1, 0.15) is 16.8 Å². The monoisotopic (exact) mass is 425 g/mol. The molecule has 0 aliphatic carbocycles. The van der Waals surface area contributed by atoms with E-state index in [1.54, 1.807) is 13.2 Å². The number of fused-ring (bicyclic) bond motifs is 1. The summed E-state index contributed by atoms with van der Waals surface area (Å²) in [7, 11) is 1.68. The molecule has 0 radical (unpaired) electrons. The Kier molecular flexibility index (Phi) is 5.96. The predicted octanol–water partition coefficient (Wildman–Crippen LogP) is 4.21. The quantitative estimate of drug-likeness (QED) is 0.321. The minimum atomic E-state index is -0.424. The van der Waals surface area contributed by atoms with Crippen molar-refractivity contribution in [2.24, 2.45) is 0 Å². The first kappa shape index (κ1) is 20.3. The zero-order valence-corrected chi connectivity index (χ0v) is 17.6. The molecule has 8 heteroatoms. The van der Waals surface area contributed by atoms with E-state index in [1.165, 1.54) is 23.5 Å². The summed E-state index contributed by atoms with van der Waals surface area (Å²) >= 11 is 1.45. The average Bonchev–Trinajstić information content (AvgIpc) is 3.21. The van der Waals surface area contributed by atoms with Crippen molar-refractivity contribution in [3.05, 3.63) is 63.5 Å². The maximum atomic E-state index is 12.8. The maximum Gasteiger partial charge on any atom is 0.270 e. The lowest BCUT2D eigenvalue weighted by Gasteiger charge is -2.36. The minimum Gasteiger partial charge on any atom is -0.495 e. The Morgan fingerprint density at radius 2 is 1.93 bits per heavy atom. The van der Waals surface area contributed by atoms with Gasteiger partial charge in [-0.1, -0.05) is 12.1 Å². The van der Waals surface area contributed by atoms with E-state index in [9.17, 15) is 14.9 Å². The third-order valence-corrected chi connectivity index (χ3v) is 6.49. The van der Waals surface area contributed by atoms with Gasteiger partial charge in [0.15, 0.2) is 5.78 Å². The molecule has 0 unspecified atom stereocenters. The van der Waals surface area contributed by atoms with Crippen LogP contribution in [-0.2, 0) is 0 Å². The largest absolute Gasteiger partial charge is 0.495 e. The fourth-order valence-electron chi connectivity index (χ4n) is 3.84. The molecular weight excluding hydrogens is 402 g/mol. The Balaban J connectivity index is 1.36. The van der Waals surface area contributed by atoms with Gasteiger partial charge in [0.25, 0.3) is 5.69 Å². The number of ketones is 1. The number of benzene rings is 2. The van der Waals surface area contributed by atoms with E-state index in [2.05, 4.69) is 15.9 Å². The van der Waals surface area contributed by atoms with Gasteiger partial charge in [0.05, 0.1) is 17.7 Å². The van der Waals surface area contributed by atoms with Crippen LogP contribution >= 0.6 is 11.3 Å². The van der Waals surface area contributed by atoms with E-state index in [1.807, 2.05) is 23.6 Å². The number of Topliss-reactive ketones (excluding diaryl/α,β-unsaturated/α-hetero) is 1. The molecule has 2 heterocycles. The molecule has 7 nitrogen and oxygen atoms in total. The van der Waals surface area contributed by atoms with E-state index < -0.39 is 4.92 Å². The summed E-state index contributed by atoms with van der Waals surface area (Å²) in [5, 5.41) is 13.6. The molecule has 0 amide bonds. The third-order valence-electron chi connectivity index (χ3n) is 5.52. The Bertz CT molecular complexity index is 1070. The molecule has 1 aliphatic rings. The lowest BCUT2D eigenvalue weighted by molar-refractivity contribution is -0.384. The van der Waals surface area contributed by atoms with E-state index in [0.717, 1.165) is 42.3 Å². The summed E-state index contributed by atoms with van der Waals surface area (Å²) in [6, 6.07) is 12.7. The number of carbonyl (C=O) groups is 1. The molecular formula is C22H23N3O4S. The molecule has 0 bridgehead atoms. The van der Waals surface area contributed by atoms with Crippen molar-refractivity contribution in [2.75, 3.05) is 44.7 Å². The van der Waals surface area contributed by atoms with Crippen molar-refractivity contribution in [1.29, 1.82) is 0 Å². The van der Waals surface area contributed by atoms with Crippen LogP contribution in [0, 0.1) is 10.1 Å². The summed E-state index contributed by atoms with van der Waals surface area (Å²) in [6.45, 7) is 4.19. The number of methoxy groups -OCH3 is 1. The van der Waals surface area contributed by atoms with Crippen LogP contribution in [0.5, 0.6) is 5.75 Å². The summed E-state index contributed by atoms with van der Waals surface area (Å²) in [4.78, 5) is 28.0. The SMILES string of the molecule is COc1ccccc1N1CCN(CCC(=O)c2csc3ccc([N+](=O)[O-])cc23)CC1. The van der Waals surface area contributed by atoms with E-state index in [0.29, 0.717) is 23.9 Å². The molecule has 1 aliphatic heterocycles. The fourth-order valence-corrected chi connectivity index (χ4v) is 4.79. The molecule has 0 saturated carbocycles. The fraction of sp³-hybridized carbons (Fsp3) is 0.318. The summed E-state index contributed by atoms with van der Waals surface area (Å²) in [6.07, 6.45) is 0.406. The van der Waals surface area contributed by atoms with Crippen molar-refractivity contribution in [2.45, 2.75) is 6.42 Å². The van der Waals surface area contributed by atoms with Crippen LogP contribution in [0.25, 0.3) is 10.1 Å². The minimum absolute atomic E-state index is 0.0161. The number of hydrogen-bond acceptors (Lipinski definition) is 7. The zero-order valence-electron chi connectivity index (χ0n) is 16.7.